The van der Waals surface area contributed by atoms with Gasteiger partial charge in [0.05, 0.1) is 34.2 Å². The fraction of sp³-hybridized carbons (Fsp3) is 0.786. The molecule has 2 aliphatic rings. The third-order valence-corrected chi connectivity index (χ3v) is 4.98. The van der Waals surface area contributed by atoms with Crippen molar-refractivity contribution in [2.75, 3.05) is 0 Å². The zero-order chi connectivity index (χ0) is 13.6. The molecule has 2 saturated heterocycles. The van der Waals surface area contributed by atoms with Gasteiger partial charge in [0.25, 0.3) is 0 Å². The number of aryl methyl sites for hydroxylation is 2. The molecule has 0 saturated carbocycles. The molecule has 2 fully saturated rings. The minimum Gasteiger partial charge on any atom is -0.373 e. The maximum atomic E-state index is 6.59. The highest BCUT2D eigenvalue weighted by atomic mass is 35.5. The topological polar surface area (TPSA) is 53.1 Å². The molecular formula is C14H22ClN3O. The first kappa shape index (κ1) is 13.4. The summed E-state index contributed by atoms with van der Waals surface area (Å²) in [5.41, 5.74) is 8.40. The van der Waals surface area contributed by atoms with Crippen molar-refractivity contribution in [3.63, 3.8) is 0 Å². The summed E-state index contributed by atoms with van der Waals surface area (Å²) in [6, 6.07) is 0. The van der Waals surface area contributed by atoms with Crippen LogP contribution >= 0.6 is 11.6 Å². The number of hydrogen-bond donors (Lipinski definition) is 1. The average Bonchev–Trinajstić information content (AvgIpc) is 3.04. The van der Waals surface area contributed by atoms with Gasteiger partial charge in [0.15, 0.2) is 0 Å². The Morgan fingerprint density at radius 1 is 1.47 bits per heavy atom. The van der Waals surface area contributed by atoms with Crippen LogP contribution in [0.1, 0.15) is 44.5 Å². The van der Waals surface area contributed by atoms with E-state index in [2.05, 4.69) is 18.9 Å². The van der Waals surface area contributed by atoms with E-state index in [0.717, 1.165) is 55.1 Å². The van der Waals surface area contributed by atoms with Crippen molar-refractivity contribution in [3.05, 3.63) is 16.4 Å². The zero-order valence-electron chi connectivity index (χ0n) is 11.7. The van der Waals surface area contributed by atoms with Crippen molar-refractivity contribution in [2.45, 2.75) is 70.2 Å². The van der Waals surface area contributed by atoms with Crippen molar-refractivity contribution in [1.29, 1.82) is 0 Å². The minimum atomic E-state index is -0.259. The Balaban J connectivity index is 1.89. The molecule has 0 aliphatic carbocycles. The van der Waals surface area contributed by atoms with E-state index < -0.39 is 0 Å². The van der Waals surface area contributed by atoms with E-state index >= 15 is 0 Å². The maximum Gasteiger partial charge on any atom is 0.0850 e. The summed E-state index contributed by atoms with van der Waals surface area (Å²) in [7, 11) is 0. The van der Waals surface area contributed by atoms with Gasteiger partial charge in [-0.2, -0.15) is 5.10 Å². The number of rotatable bonds is 4. The first-order valence-corrected chi connectivity index (χ1v) is 7.63. The first-order chi connectivity index (χ1) is 9.07. The van der Waals surface area contributed by atoms with Crippen LogP contribution in [0.5, 0.6) is 0 Å². The standard InChI is InChI=1S/C14H22ClN3O/c1-3-10-13(15)11(18(4-2)17-10)8-14(16)7-9-5-6-12(14)19-9/h9,12H,3-8,16H2,1-2H3. The molecule has 2 bridgehead atoms. The molecule has 4 nitrogen and oxygen atoms in total. The molecule has 19 heavy (non-hydrogen) atoms. The Labute approximate surface area is 119 Å². The van der Waals surface area contributed by atoms with Crippen LogP contribution in [0.2, 0.25) is 5.02 Å². The quantitative estimate of drug-likeness (QED) is 0.923. The van der Waals surface area contributed by atoms with E-state index in [4.69, 9.17) is 22.1 Å². The minimum absolute atomic E-state index is 0.193. The maximum absolute atomic E-state index is 6.59. The Kier molecular flexibility index (Phi) is 3.36. The highest BCUT2D eigenvalue weighted by Crippen LogP contribution is 2.42. The molecule has 5 heteroatoms. The number of hydrogen-bond acceptors (Lipinski definition) is 3. The average molecular weight is 284 g/mol. The normalized spacial score (nSPS) is 33.3. The van der Waals surface area contributed by atoms with E-state index in [1.807, 2.05) is 4.68 Å². The number of fused-ring (bicyclic) bond motifs is 2. The lowest BCUT2D eigenvalue weighted by molar-refractivity contribution is 0.0852. The first-order valence-electron chi connectivity index (χ1n) is 7.25. The molecule has 2 aliphatic heterocycles. The fourth-order valence-corrected chi connectivity index (χ4v) is 3.85. The van der Waals surface area contributed by atoms with Crippen LogP contribution in [0.25, 0.3) is 0 Å². The molecule has 0 radical (unpaired) electrons. The van der Waals surface area contributed by atoms with Gasteiger partial charge in [-0.25, -0.2) is 0 Å². The van der Waals surface area contributed by atoms with Gasteiger partial charge in [0.1, 0.15) is 0 Å². The van der Waals surface area contributed by atoms with E-state index in [0.29, 0.717) is 6.10 Å². The van der Waals surface area contributed by atoms with Crippen LogP contribution in [0.15, 0.2) is 0 Å². The van der Waals surface area contributed by atoms with Gasteiger partial charge in [-0.3, -0.25) is 4.68 Å². The lowest BCUT2D eigenvalue weighted by Crippen LogP contribution is -2.50. The molecule has 0 aromatic carbocycles. The fourth-order valence-electron chi connectivity index (χ4n) is 3.52. The van der Waals surface area contributed by atoms with Crippen molar-refractivity contribution >= 4 is 11.6 Å². The molecule has 1 aromatic heterocycles. The lowest BCUT2D eigenvalue weighted by atomic mass is 9.79. The van der Waals surface area contributed by atoms with Crippen LogP contribution in [0.4, 0.5) is 0 Å². The number of nitrogens with zero attached hydrogens (tertiary/aromatic N) is 2. The summed E-state index contributed by atoms with van der Waals surface area (Å²) in [4.78, 5) is 0. The Morgan fingerprint density at radius 3 is 2.79 bits per heavy atom. The third kappa shape index (κ3) is 2.10. The van der Waals surface area contributed by atoms with Crippen LogP contribution in [0, 0.1) is 0 Å². The molecular weight excluding hydrogens is 262 g/mol. The summed E-state index contributed by atoms with van der Waals surface area (Å²) < 4.78 is 7.91. The van der Waals surface area contributed by atoms with Gasteiger partial charge in [-0.1, -0.05) is 18.5 Å². The SMILES string of the molecule is CCc1nn(CC)c(CC2(N)CC3CCC2O3)c1Cl. The molecule has 0 amide bonds. The Morgan fingerprint density at radius 2 is 2.26 bits per heavy atom. The van der Waals surface area contributed by atoms with E-state index in [9.17, 15) is 0 Å². The van der Waals surface area contributed by atoms with Gasteiger partial charge in [-0.15, -0.1) is 0 Å². The van der Waals surface area contributed by atoms with Crippen LogP contribution in [-0.4, -0.2) is 27.5 Å². The van der Waals surface area contributed by atoms with E-state index in [1.165, 1.54) is 0 Å². The predicted octanol–water partition coefficient (Wildman–Crippen LogP) is 2.31. The summed E-state index contributed by atoms with van der Waals surface area (Å²) in [5, 5.41) is 5.37. The number of ether oxygens (including phenoxy) is 1. The third-order valence-electron chi connectivity index (χ3n) is 4.55. The number of nitrogens with two attached hydrogens (primary N) is 1. The van der Waals surface area contributed by atoms with Crippen LogP contribution in [0.3, 0.4) is 0 Å². The number of halogens is 1. The second kappa shape index (κ2) is 4.76. The smallest absolute Gasteiger partial charge is 0.0850 e. The highest BCUT2D eigenvalue weighted by molar-refractivity contribution is 6.31. The summed E-state index contributed by atoms with van der Waals surface area (Å²) in [6.07, 6.45) is 5.37. The van der Waals surface area contributed by atoms with Gasteiger partial charge in [-0.05, 0) is 32.6 Å². The van der Waals surface area contributed by atoms with Gasteiger partial charge < -0.3 is 10.5 Å². The predicted molar refractivity (Wildman–Crippen MR) is 75.4 cm³/mol. The highest BCUT2D eigenvalue weighted by Gasteiger charge is 2.50. The molecule has 106 valence electrons. The van der Waals surface area contributed by atoms with E-state index in [-0.39, 0.29) is 11.6 Å². The zero-order valence-corrected chi connectivity index (χ0v) is 12.4. The second-order valence-electron chi connectivity index (χ2n) is 5.81. The van der Waals surface area contributed by atoms with Gasteiger partial charge in [0.2, 0.25) is 0 Å². The monoisotopic (exact) mass is 283 g/mol. The van der Waals surface area contributed by atoms with E-state index in [1.54, 1.807) is 0 Å². The summed E-state index contributed by atoms with van der Waals surface area (Å²) in [6.45, 7) is 5.00. The van der Waals surface area contributed by atoms with Crippen molar-refractivity contribution in [1.82, 2.24) is 9.78 Å². The molecule has 3 rings (SSSR count). The molecule has 3 unspecified atom stereocenters. The summed E-state index contributed by atoms with van der Waals surface area (Å²) in [5.74, 6) is 0. The van der Waals surface area contributed by atoms with Gasteiger partial charge in [0, 0.05) is 13.0 Å². The molecule has 2 N–H and O–H groups in total. The van der Waals surface area contributed by atoms with Crippen molar-refractivity contribution in [2.24, 2.45) is 5.73 Å². The second-order valence-corrected chi connectivity index (χ2v) is 6.19. The summed E-state index contributed by atoms with van der Waals surface area (Å²) >= 11 is 6.47. The largest absolute Gasteiger partial charge is 0.373 e. The van der Waals surface area contributed by atoms with Crippen LogP contribution < -0.4 is 5.73 Å². The molecule has 3 atom stereocenters. The lowest BCUT2D eigenvalue weighted by Gasteiger charge is -2.31. The number of aromatic nitrogens is 2. The molecule has 1 aromatic rings. The molecule has 0 spiro atoms. The van der Waals surface area contributed by atoms with Crippen LogP contribution in [-0.2, 0) is 24.1 Å². The van der Waals surface area contributed by atoms with Crippen molar-refractivity contribution < 1.29 is 4.74 Å². The van der Waals surface area contributed by atoms with Crippen molar-refractivity contribution in [3.8, 4) is 0 Å². The van der Waals surface area contributed by atoms with Gasteiger partial charge >= 0.3 is 0 Å². The Hall–Kier alpha value is -0.580. The Bertz CT molecular complexity index is 487. The molecule has 3 heterocycles.